The topological polar surface area (TPSA) is 78.5 Å². The summed E-state index contributed by atoms with van der Waals surface area (Å²) < 4.78 is 5.70. The van der Waals surface area contributed by atoms with Gasteiger partial charge in [0.15, 0.2) is 6.10 Å². The van der Waals surface area contributed by atoms with Crippen LogP contribution in [0.1, 0.15) is 28.7 Å². The first kappa shape index (κ1) is 18.1. The summed E-state index contributed by atoms with van der Waals surface area (Å²) in [5, 5.41) is 0. The van der Waals surface area contributed by atoms with E-state index in [2.05, 4.69) is 9.97 Å². The molecule has 2 amide bonds. The van der Waals surface area contributed by atoms with E-state index in [9.17, 15) is 9.59 Å². The maximum Gasteiger partial charge on any atom is 0.254 e. The Morgan fingerprint density at radius 2 is 2.12 bits per heavy atom. The number of morpholine rings is 1. The minimum Gasteiger partial charge on any atom is -0.356 e. The van der Waals surface area contributed by atoms with Gasteiger partial charge in [0, 0.05) is 26.0 Å². The van der Waals surface area contributed by atoms with Crippen LogP contribution in [0.4, 0.5) is 0 Å². The summed E-state index contributed by atoms with van der Waals surface area (Å²) in [4.78, 5) is 35.8. The summed E-state index contributed by atoms with van der Waals surface area (Å²) in [7, 11) is 3.44. The minimum atomic E-state index is -0.750. The van der Waals surface area contributed by atoms with Crippen molar-refractivity contribution in [2.24, 2.45) is 0 Å². The average Bonchev–Trinajstić information content (AvgIpc) is 3.02. The molecule has 0 spiro atoms. The zero-order valence-corrected chi connectivity index (χ0v) is 15.5. The number of nitrogens with one attached hydrogen (secondary N) is 1. The molecule has 0 aliphatic carbocycles. The van der Waals surface area contributed by atoms with Crippen LogP contribution in [0.3, 0.4) is 0 Å². The number of likely N-dealkylation sites (N-methyl/N-ethyl adjacent to an activating group) is 2. The summed E-state index contributed by atoms with van der Waals surface area (Å²) >= 11 is 0. The molecule has 0 saturated carbocycles. The standard InChI is InChI=1S/C19H24N4O3/c1-12-7-5-6-8-14(12)17-18(26-11-16(24)23(17)4)19(25)22(3)10-15-20-9-13(2)21-15/h5-9,17-18H,10-11H2,1-4H3,(H,20,21)/t17-,18+/m1/s1. The number of hydrogen-bond acceptors (Lipinski definition) is 4. The molecule has 1 saturated heterocycles. The van der Waals surface area contributed by atoms with E-state index in [-0.39, 0.29) is 18.4 Å². The molecule has 1 aliphatic rings. The van der Waals surface area contributed by atoms with E-state index in [4.69, 9.17) is 4.74 Å². The number of amides is 2. The van der Waals surface area contributed by atoms with E-state index in [0.29, 0.717) is 12.4 Å². The zero-order valence-electron chi connectivity index (χ0n) is 15.5. The molecule has 138 valence electrons. The van der Waals surface area contributed by atoms with Crippen molar-refractivity contribution in [1.29, 1.82) is 0 Å². The Morgan fingerprint density at radius 1 is 1.38 bits per heavy atom. The summed E-state index contributed by atoms with van der Waals surface area (Å²) in [6, 6.07) is 7.30. The summed E-state index contributed by atoms with van der Waals surface area (Å²) in [6.45, 7) is 4.14. The van der Waals surface area contributed by atoms with Crippen LogP contribution < -0.4 is 0 Å². The number of ether oxygens (including phenoxy) is 1. The van der Waals surface area contributed by atoms with Crippen molar-refractivity contribution >= 4 is 11.8 Å². The lowest BCUT2D eigenvalue weighted by molar-refractivity contribution is -0.167. The Labute approximate surface area is 153 Å². The van der Waals surface area contributed by atoms with Gasteiger partial charge in [0.25, 0.3) is 5.91 Å². The van der Waals surface area contributed by atoms with Crippen molar-refractivity contribution in [1.82, 2.24) is 19.8 Å². The number of imidazole rings is 1. The highest BCUT2D eigenvalue weighted by Crippen LogP contribution is 2.32. The van der Waals surface area contributed by atoms with Crippen LogP contribution in [-0.2, 0) is 20.9 Å². The van der Waals surface area contributed by atoms with Gasteiger partial charge in [-0.1, -0.05) is 24.3 Å². The van der Waals surface area contributed by atoms with Gasteiger partial charge in [0.05, 0.1) is 12.6 Å². The molecule has 7 heteroatoms. The number of benzene rings is 1. The first-order valence-electron chi connectivity index (χ1n) is 8.56. The molecule has 2 atom stereocenters. The van der Waals surface area contributed by atoms with Crippen molar-refractivity contribution < 1.29 is 14.3 Å². The lowest BCUT2D eigenvalue weighted by Crippen LogP contribution is -2.53. The number of carbonyl (C=O) groups excluding carboxylic acids is 2. The van der Waals surface area contributed by atoms with Gasteiger partial charge < -0.3 is 19.5 Å². The Bertz CT molecular complexity index is 817. The first-order chi connectivity index (χ1) is 12.4. The van der Waals surface area contributed by atoms with Gasteiger partial charge in [0.1, 0.15) is 12.4 Å². The van der Waals surface area contributed by atoms with Gasteiger partial charge in [-0.15, -0.1) is 0 Å². The number of aromatic nitrogens is 2. The van der Waals surface area contributed by atoms with Crippen LogP contribution >= 0.6 is 0 Å². The summed E-state index contributed by atoms with van der Waals surface area (Å²) in [6.07, 6.45) is 0.979. The molecule has 0 radical (unpaired) electrons. The van der Waals surface area contributed by atoms with Crippen molar-refractivity contribution in [2.45, 2.75) is 32.5 Å². The predicted octanol–water partition coefficient (Wildman–Crippen LogP) is 1.58. The van der Waals surface area contributed by atoms with Crippen LogP contribution in [0.5, 0.6) is 0 Å². The molecule has 26 heavy (non-hydrogen) atoms. The summed E-state index contributed by atoms with van der Waals surface area (Å²) in [5.74, 6) is 0.407. The van der Waals surface area contributed by atoms with Gasteiger partial charge in [-0.3, -0.25) is 9.59 Å². The highest BCUT2D eigenvalue weighted by atomic mass is 16.5. The van der Waals surface area contributed by atoms with E-state index in [0.717, 1.165) is 16.8 Å². The third kappa shape index (κ3) is 3.48. The number of nitrogens with zero attached hydrogens (tertiary/aromatic N) is 3. The number of rotatable bonds is 4. The predicted molar refractivity (Wildman–Crippen MR) is 96.2 cm³/mol. The van der Waals surface area contributed by atoms with Crippen molar-refractivity contribution in [3.8, 4) is 0 Å². The first-order valence-corrected chi connectivity index (χ1v) is 8.56. The molecule has 1 aromatic heterocycles. The Balaban J connectivity index is 1.86. The van der Waals surface area contributed by atoms with Crippen LogP contribution in [0, 0.1) is 13.8 Å². The molecule has 2 heterocycles. The quantitative estimate of drug-likeness (QED) is 0.902. The highest BCUT2D eigenvalue weighted by molar-refractivity contribution is 5.86. The fourth-order valence-electron chi connectivity index (χ4n) is 3.28. The molecule has 7 nitrogen and oxygen atoms in total. The Kier molecular flexibility index (Phi) is 5.08. The number of hydrogen-bond donors (Lipinski definition) is 1. The van der Waals surface area contributed by atoms with E-state index in [1.54, 1.807) is 30.1 Å². The summed E-state index contributed by atoms with van der Waals surface area (Å²) in [5.41, 5.74) is 2.88. The van der Waals surface area contributed by atoms with E-state index in [1.807, 2.05) is 38.1 Å². The number of H-pyrrole nitrogens is 1. The third-order valence-corrected chi connectivity index (χ3v) is 4.75. The van der Waals surface area contributed by atoms with Gasteiger partial charge >= 0.3 is 0 Å². The fourth-order valence-corrected chi connectivity index (χ4v) is 3.28. The normalized spacial score (nSPS) is 20.3. The minimum absolute atomic E-state index is 0.0943. The SMILES string of the molecule is Cc1cnc(CN(C)C(=O)[C@H]2OCC(=O)N(C)[C@@H]2c2ccccc2C)[nH]1. The second-order valence-corrected chi connectivity index (χ2v) is 6.74. The largest absolute Gasteiger partial charge is 0.356 e. The van der Waals surface area contributed by atoms with Crippen molar-refractivity contribution in [3.05, 3.63) is 53.1 Å². The molecule has 3 rings (SSSR count). The van der Waals surface area contributed by atoms with Crippen molar-refractivity contribution in [2.75, 3.05) is 20.7 Å². The van der Waals surface area contributed by atoms with Crippen LogP contribution in [0.2, 0.25) is 0 Å². The van der Waals surface area contributed by atoms with Crippen LogP contribution in [-0.4, -0.2) is 58.4 Å². The lowest BCUT2D eigenvalue weighted by Gasteiger charge is -2.40. The van der Waals surface area contributed by atoms with Crippen molar-refractivity contribution in [3.63, 3.8) is 0 Å². The monoisotopic (exact) mass is 356 g/mol. The molecular formula is C19H24N4O3. The van der Waals surface area contributed by atoms with Gasteiger partial charge in [-0.2, -0.15) is 0 Å². The molecular weight excluding hydrogens is 332 g/mol. The maximum atomic E-state index is 13.1. The highest BCUT2D eigenvalue weighted by Gasteiger charge is 2.41. The maximum absolute atomic E-state index is 13.1. The van der Waals surface area contributed by atoms with Gasteiger partial charge in [-0.25, -0.2) is 4.98 Å². The van der Waals surface area contributed by atoms with E-state index in [1.165, 1.54) is 0 Å². The second-order valence-electron chi connectivity index (χ2n) is 6.74. The van der Waals surface area contributed by atoms with E-state index < -0.39 is 12.1 Å². The number of carbonyl (C=O) groups is 2. The average molecular weight is 356 g/mol. The third-order valence-electron chi connectivity index (χ3n) is 4.75. The molecule has 2 aromatic rings. The molecule has 1 N–H and O–H groups in total. The zero-order chi connectivity index (χ0) is 18.8. The van der Waals surface area contributed by atoms with Gasteiger partial charge in [0.2, 0.25) is 5.91 Å². The molecule has 1 aliphatic heterocycles. The van der Waals surface area contributed by atoms with E-state index >= 15 is 0 Å². The number of aromatic amines is 1. The second kappa shape index (κ2) is 7.29. The van der Waals surface area contributed by atoms with Crippen LogP contribution in [0.25, 0.3) is 0 Å². The number of aryl methyl sites for hydroxylation is 2. The van der Waals surface area contributed by atoms with Crippen LogP contribution in [0.15, 0.2) is 30.5 Å². The molecule has 1 aromatic carbocycles. The molecule has 0 bridgehead atoms. The fraction of sp³-hybridized carbons (Fsp3) is 0.421. The molecule has 1 fully saturated rings. The smallest absolute Gasteiger partial charge is 0.254 e. The Morgan fingerprint density at radius 3 is 2.77 bits per heavy atom. The van der Waals surface area contributed by atoms with Gasteiger partial charge in [-0.05, 0) is 25.0 Å². The molecule has 0 unspecified atom stereocenters. The lowest BCUT2D eigenvalue weighted by atomic mass is 9.93. The Hall–Kier alpha value is -2.67.